The monoisotopic (exact) mass is 276 g/mol. The second-order valence-electron chi connectivity index (χ2n) is 5.55. The fourth-order valence-corrected chi connectivity index (χ4v) is 2.95. The molecule has 1 aromatic rings. The third kappa shape index (κ3) is 2.98. The summed E-state index contributed by atoms with van der Waals surface area (Å²) in [7, 11) is 1.83. The van der Waals surface area contributed by atoms with Crippen LogP contribution in [0.15, 0.2) is 24.3 Å². The van der Waals surface area contributed by atoms with E-state index in [-0.39, 0.29) is 17.6 Å². The van der Waals surface area contributed by atoms with Gasteiger partial charge in [0.15, 0.2) is 0 Å². The molecule has 1 aliphatic rings. The largest absolute Gasteiger partial charge is 0.338 e. The fourth-order valence-electron chi connectivity index (χ4n) is 2.95. The summed E-state index contributed by atoms with van der Waals surface area (Å²) in [6, 6.07) is 6.09. The van der Waals surface area contributed by atoms with Crippen molar-refractivity contribution in [3.05, 3.63) is 39.9 Å². The van der Waals surface area contributed by atoms with Crippen LogP contribution in [0, 0.1) is 16.0 Å². The van der Waals surface area contributed by atoms with Gasteiger partial charge in [0.05, 0.1) is 4.92 Å². The van der Waals surface area contributed by atoms with Crippen molar-refractivity contribution in [1.82, 2.24) is 4.90 Å². The molecule has 1 saturated carbocycles. The highest BCUT2D eigenvalue weighted by Gasteiger charge is 2.28. The first-order valence-electron chi connectivity index (χ1n) is 7.02. The first-order valence-corrected chi connectivity index (χ1v) is 7.02. The molecule has 0 spiro atoms. The Kier molecular flexibility index (Phi) is 4.37. The van der Waals surface area contributed by atoms with Gasteiger partial charge >= 0.3 is 0 Å². The average Bonchev–Trinajstić information content (AvgIpc) is 2.46. The van der Waals surface area contributed by atoms with E-state index in [4.69, 9.17) is 0 Å². The van der Waals surface area contributed by atoms with Crippen molar-refractivity contribution >= 4 is 11.6 Å². The lowest BCUT2D eigenvalue weighted by Gasteiger charge is -2.36. The van der Waals surface area contributed by atoms with Crippen LogP contribution in [0.1, 0.15) is 43.0 Å². The van der Waals surface area contributed by atoms with E-state index in [1.54, 1.807) is 4.90 Å². The van der Waals surface area contributed by atoms with E-state index in [1.807, 2.05) is 7.05 Å². The highest BCUT2D eigenvalue weighted by Crippen LogP contribution is 2.28. The predicted molar refractivity (Wildman–Crippen MR) is 76.6 cm³/mol. The van der Waals surface area contributed by atoms with Gasteiger partial charge in [-0.25, -0.2) is 0 Å². The maximum Gasteiger partial charge on any atom is 0.269 e. The van der Waals surface area contributed by atoms with Gasteiger partial charge < -0.3 is 4.90 Å². The number of amides is 1. The first kappa shape index (κ1) is 14.5. The zero-order valence-electron chi connectivity index (χ0n) is 11.9. The topological polar surface area (TPSA) is 63.5 Å². The van der Waals surface area contributed by atoms with Crippen LogP contribution in [0.3, 0.4) is 0 Å². The van der Waals surface area contributed by atoms with Crippen molar-refractivity contribution in [3.8, 4) is 0 Å². The molecule has 108 valence electrons. The maximum atomic E-state index is 12.4. The summed E-state index contributed by atoms with van der Waals surface area (Å²) < 4.78 is 0. The average molecular weight is 276 g/mol. The number of rotatable bonds is 3. The van der Waals surface area contributed by atoms with Gasteiger partial charge in [-0.1, -0.05) is 19.8 Å². The van der Waals surface area contributed by atoms with Crippen LogP contribution in [0.2, 0.25) is 0 Å². The van der Waals surface area contributed by atoms with Gasteiger partial charge in [-0.05, 0) is 30.9 Å². The van der Waals surface area contributed by atoms with E-state index in [0.29, 0.717) is 11.5 Å². The third-order valence-corrected chi connectivity index (χ3v) is 4.21. The molecule has 2 unspecified atom stereocenters. The van der Waals surface area contributed by atoms with Crippen LogP contribution >= 0.6 is 0 Å². The number of hydrogen-bond donors (Lipinski definition) is 0. The zero-order chi connectivity index (χ0) is 14.7. The van der Waals surface area contributed by atoms with E-state index in [0.717, 1.165) is 19.3 Å². The number of nitro benzene ring substituents is 1. The maximum absolute atomic E-state index is 12.4. The van der Waals surface area contributed by atoms with Crippen LogP contribution in [-0.4, -0.2) is 28.8 Å². The minimum Gasteiger partial charge on any atom is -0.338 e. The first-order chi connectivity index (χ1) is 9.50. The smallest absolute Gasteiger partial charge is 0.269 e. The fraction of sp³-hybridized carbons (Fsp3) is 0.533. The molecule has 0 aromatic heterocycles. The molecule has 0 heterocycles. The lowest BCUT2D eigenvalue weighted by atomic mass is 9.85. The molecule has 5 heteroatoms. The van der Waals surface area contributed by atoms with Gasteiger partial charge in [0.1, 0.15) is 0 Å². The van der Waals surface area contributed by atoms with Gasteiger partial charge in [-0.3, -0.25) is 14.9 Å². The number of nitrogens with zero attached hydrogens (tertiary/aromatic N) is 2. The molecule has 0 radical (unpaired) electrons. The Balaban J connectivity index is 2.11. The van der Waals surface area contributed by atoms with Crippen molar-refractivity contribution in [2.75, 3.05) is 7.05 Å². The molecule has 1 aliphatic carbocycles. The van der Waals surface area contributed by atoms with Gasteiger partial charge in [0.25, 0.3) is 11.6 Å². The van der Waals surface area contributed by atoms with Crippen molar-refractivity contribution in [2.24, 2.45) is 5.92 Å². The Bertz CT molecular complexity index is 498. The summed E-state index contributed by atoms with van der Waals surface area (Å²) in [6.45, 7) is 2.18. The van der Waals surface area contributed by atoms with Crippen molar-refractivity contribution in [2.45, 2.75) is 38.6 Å². The molecular weight excluding hydrogens is 256 g/mol. The Labute approximate surface area is 118 Å². The van der Waals surface area contributed by atoms with Crippen LogP contribution in [-0.2, 0) is 0 Å². The molecule has 20 heavy (non-hydrogen) atoms. The Morgan fingerprint density at radius 1 is 1.25 bits per heavy atom. The van der Waals surface area contributed by atoms with Crippen molar-refractivity contribution in [1.29, 1.82) is 0 Å². The lowest BCUT2D eigenvalue weighted by Crippen LogP contribution is -2.42. The van der Waals surface area contributed by atoms with Gasteiger partial charge in [-0.15, -0.1) is 0 Å². The Morgan fingerprint density at radius 2 is 1.85 bits per heavy atom. The molecular formula is C15H20N2O3. The molecule has 5 nitrogen and oxygen atoms in total. The van der Waals surface area contributed by atoms with Crippen molar-refractivity contribution < 1.29 is 9.72 Å². The number of carbonyl (C=O) groups is 1. The number of hydrogen-bond acceptors (Lipinski definition) is 3. The standard InChI is InChI=1S/C15H20N2O3/c1-11-5-3-4-6-14(11)16(2)15(18)12-7-9-13(10-8-12)17(19)20/h7-11,14H,3-6H2,1-2H3. The number of non-ortho nitro benzene ring substituents is 1. The normalized spacial score (nSPS) is 22.3. The Morgan fingerprint density at radius 3 is 2.40 bits per heavy atom. The second kappa shape index (κ2) is 6.03. The lowest BCUT2D eigenvalue weighted by molar-refractivity contribution is -0.384. The zero-order valence-corrected chi connectivity index (χ0v) is 11.9. The number of carbonyl (C=O) groups excluding carboxylic acids is 1. The summed E-state index contributed by atoms with van der Waals surface area (Å²) in [6.07, 6.45) is 4.59. The summed E-state index contributed by atoms with van der Waals surface area (Å²) >= 11 is 0. The molecule has 2 rings (SSSR count). The van der Waals surface area contributed by atoms with Gasteiger partial charge in [0, 0.05) is 30.8 Å². The van der Waals surface area contributed by atoms with Crippen LogP contribution < -0.4 is 0 Å². The highest BCUT2D eigenvalue weighted by molar-refractivity contribution is 5.94. The highest BCUT2D eigenvalue weighted by atomic mass is 16.6. The summed E-state index contributed by atoms with van der Waals surface area (Å²) in [5.74, 6) is 0.453. The molecule has 0 aliphatic heterocycles. The van der Waals surface area contributed by atoms with E-state index in [2.05, 4.69) is 6.92 Å². The van der Waals surface area contributed by atoms with Gasteiger partial charge in [0.2, 0.25) is 0 Å². The SMILES string of the molecule is CC1CCCCC1N(C)C(=O)c1ccc([N+](=O)[O-])cc1. The van der Waals surface area contributed by atoms with E-state index in [1.165, 1.54) is 30.7 Å². The Hall–Kier alpha value is -1.91. The predicted octanol–water partition coefficient (Wildman–Crippen LogP) is 3.25. The minimum absolute atomic E-state index is 0.00948. The molecule has 0 saturated heterocycles. The third-order valence-electron chi connectivity index (χ3n) is 4.21. The van der Waals surface area contributed by atoms with E-state index < -0.39 is 4.92 Å². The number of benzene rings is 1. The summed E-state index contributed by atoms with van der Waals surface area (Å²) in [5, 5.41) is 10.6. The second-order valence-corrected chi connectivity index (χ2v) is 5.55. The van der Waals surface area contributed by atoms with Crippen molar-refractivity contribution in [3.63, 3.8) is 0 Å². The van der Waals surface area contributed by atoms with Crippen LogP contribution in [0.4, 0.5) is 5.69 Å². The minimum atomic E-state index is -0.457. The molecule has 1 aromatic carbocycles. The summed E-state index contributed by atoms with van der Waals surface area (Å²) in [5.41, 5.74) is 0.520. The molecule has 0 N–H and O–H groups in total. The van der Waals surface area contributed by atoms with Crippen LogP contribution in [0.25, 0.3) is 0 Å². The quantitative estimate of drug-likeness (QED) is 0.629. The molecule has 1 amide bonds. The molecule has 1 fully saturated rings. The molecule has 2 atom stereocenters. The van der Waals surface area contributed by atoms with Gasteiger partial charge in [-0.2, -0.15) is 0 Å². The van der Waals surface area contributed by atoms with E-state index >= 15 is 0 Å². The molecule has 0 bridgehead atoms. The summed E-state index contributed by atoms with van der Waals surface area (Å²) in [4.78, 5) is 24.4. The number of nitro groups is 1. The van der Waals surface area contributed by atoms with Crippen LogP contribution in [0.5, 0.6) is 0 Å². The van der Waals surface area contributed by atoms with E-state index in [9.17, 15) is 14.9 Å².